The average molecular weight is 269 g/mol. The number of rotatable bonds is 2. The quantitative estimate of drug-likeness (QED) is 0.807. The van der Waals surface area contributed by atoms with E-state index in [1.807, 2.05) is 30.3 Å². The topological polar surface area (TPSA) is 69.0 Å². The number of fused-ring (bicyclic) bond motifs is 1. The molecule has 1 aromatic carbocycles. The molecule has 0 saturated heterocycles. The van der Waals surface area contributed by atoms with E-state index in [9.17, 15) is 9.59 Å². The van der Waals surface area contributed by atoms with Gasteiger partial charge in [0.15, 0.2) is 0 Å². The highest BCUT2D eigenvalue weighted by Crippen LogP contribution is 2.13. The molecular formula is C15H15N3O2. The number of benzene rings is 1. The van der Waals surface area contributed by atoms with Gasteiger partial charge in [-0.1, -0.05) is 30.3 Å². The molecule has 1 aromatic heterocycles. The molecule has 3 rings (SSSR count). The summed E-state index contributed by atoms with van der Waals surface area (Å²) >= 11 is 0. The van der Waals surface area contributed by atoms with Gasteiger partial charge in [0.05, 0.1) is 12.2 Å². The highest BCUT2D eigenvalue weighted by molar-refractivity contribution is 5.91. The second-order valence-electron chi connectivity index (χ2n) is 4.79. The third-order valence-electron chi connectivity index (χ3n) is 3.48. The number of nitrogens with one attached hydrogen (secondary N) is 2. The number of nitrogens with zero attached hydrogens (tertiary/aromatic N) is 1. The summed E-state index contributed by atoms with van der Waals surface area (Å²) in [7, 11) is 0. The van der Waals surface area contributed by atoms with E-state index >= 15 is 0 Å². The van der Waals surface area contributed by atoms with Gasteiger partial charge in [0.1, 0.15) is 0 Å². The number of amides is 1. The molecule has 1 amide bonds. The van der Waals surface area contributed by atoms with Crippen LogP contribution in [0, 0.1) is 0 Å². The Hall–Kier alpha value is -2.56. The predicted octanol–water partition coefficient (Wildman–Crippen LogP) is 1.30. The second kappa shape index (κ2) is 5.21. The third kappa shape index (κ3) is 2.42. The van der Waals surface area contributed by atoms with Gasteiger partial charge >= 0.3 is 0 Å². The lowest BCUT2D eigenvalue weighted by atomic mass is 10.1. The number of H-pyrrole nitrogens is 2. The summed E-state index contributed by atoms with van der Waals surface area (Å²) in [6.45, 7) is 1.03. The second-order valence-corrected chi connectivity index (χ2v) is 4.79. The Morgan fingerprint density at radius 1 is 1.20 bits per heavy atom. The van der Waals surface area contributed by atoms with Crippen molar-refractivity contribution in [2.75, 3.05) is 6.54 Å². The first-order chi connectivity index (χ1) is 9.74. The summed E-state index contributed by atoms with van der Waals surface area (Å²) < 4.78 is 0. The number of hydrogen-bond donors (Lipinski definition) is 2. The van der Waals surface area contributed by atoms with Gasteiger partial charge in [-0.2, -0.15) is 0 Å². The van der Waals surface area contributed by atoms with Crippen LogP contribution in [0.4, 0.5) is 0 Å². The van der Waals surface area contributed by atoms with E-state index in [0.29, 0.717) is 19.5 Å². The minimum absolute atomic E-state index is 0.0402. The average Bonchev–Trinajstić information content (AvgIpc) is 2.87. The zero-order valence-electron chi connectivity index (χ0n) is 10.9. The summed E-state index contributed by atoms with van der Waals surface area (Å²) in [5.41, 5.74) is 2.49. The zero-order valence-corrected chi connectivity index (χ0v) is 10.9. The molecule has 5 nitrogen and oxygen atoms in total. The van der Waals surface area contributed by atoms with E-state index < -0.39 is 0 Å². The van der Waals surface area contributed by atoms with Crippen molar-refractivity contribution in [1.82, 2.24) is 15.1 Å². The van der Waals surface area contributed by atoms with E-state index in [0.717, 1.165) is 16.8 Å². The fourth-order valence-electron chi connectivity index (χ4n) is 2.36. The van der Waals surface area contributed by atoms with Crippen molar-refractivity contribution >= 4 is 12.0 Å². The molecule has 0 unspecified atom stereocenters. The van der Waals surface area contributed by atoms with Crippen LogP contribution in [0.15, 0.2) is 41.2 Å². The Morgan fingerprint density at radius 3 is 2.80 bits per heavy atom. The summed E-state index contributed by atoms with van der Waals surface area (Å²) in [5.74, 6) is -0.0402. The minimum atomic E-state index is -0.0769. The molecule has 102 valence electrons. The minimum Gasteiger partial charge on any atom is -0.333 e. The van der Waals surface area contributed by atoms with Crippen LogP contribution in [0.5, 0.6) is 0 Å². The molecule has 2 heterocycles. The van der Waals surface area contributed by atoms with Crippen LogP contribution < -0.4 is 5.56 Å². The Kier molecular flexibility index (Phi) is 3.25. The Balaban J connectivity index is 1.70. The first-order valence-electron chi connectivity index (χ1n) is 6.54. The summed E-state index contributed by atoms with van der Waals surface area (Å²) in [4.78, 5) is 25.3. The van der Waals surface area contributed by atoms with Crippen molar-refractivity contribution < 1.29 is 4.79 Å². The molecule has 0 bridgehead atoms. The van der Waals surface area contributed by atoms with Crippen molar-refractivity contribution in [1.29, 1.82) is 0 Å². The number of hydrogen-bond acceptors (Lipinski definition) is 2. The number of carbonyl (C=O) groups is 1. The highest BCUT2D eigenvalue weighted by atomic mass is 16.2. The molecule has 0 atom stereocenters. The molecular weight excluding hydrogens is 254 g/mol. The van der Waals surface area contributed by atoms with Crippen molar-refractivity contribution in [2.24, 2.45) is 0 Å². The summed E-state index contributed by atoms with van der Waals surface area (Å²) in [6.07, 6.45) is 3.97. The normalized spacial score (nSPS) is 14.5. The van der Waals surface area contributed by atoms with E-state index in [-0.39, 0.29) is 11.5 Å². The fraction of sp³-hybridized carbons (Fsp3) is 0.200. The number of carbonyl (C=O) groups excluding carboxylic acids is 1. The van der Waals surface area contributed by atoms with E-state index in [1.165, 1.54) is 0 Å². The lowest BCUT2D eigenvalue weighted by Crippen LogP contribution is -2.35. The smallest absolute Gasteiger partial charge is 0.267 e. The lowest BCUT2D eigenvalue weighted by Gasteiger charge is -2.24. The summed E-state index contributed by atoms with van der Waals surface area (Å²) in [5, 5.41) is 5.39. The Morgan fingerprint density at radius 2 is 2.00 bits per heavy atom. The van der Waals surface area contributed by atoms with Crippen molar-refractivity contribution in [3.05, 3.63) is 63.6 Å². The third-order valence-corrected chi connectivity index (χ3v) is 3.48. The first-order valence-corrected chi connectivity index (χ1v) is 6.54. The van der Waals surface area contributed by atoms with Gasteiger partial charge in [-0.3, -0.25) is 14.7 Å². The highest BCUT2D eigenvalue weighted by Gasteiger charge is 2.22. The largest absolute Gasteiger partial charge is 0.333 e. The van der Waals surface area contributed by atoms with Gasteiger partial charge in [0.25, 0.3) is 5.56 Å². The molecule has 2 N–H and O–H groups in total. The van der Waals surface area contributed by atoms with Crippen molar-refractivity contribution in [3.63, 3.8) is 0 Å². The SMILES string of the molecule is O=C(/C=C/c1ccccc1)N1CCc2c([nH][nH]c2=O)C1. The molecule has 0 radical (unpaired) electrons. The van der Waals surface area contributed by atoms with Gasteiger partial charge in [-0.05, 0) is 18.1 Å². The van der Waals surface area contributed by atoms with Crippen LogP contribution in [0.1, 0.15) is 16.8 Å². The maximum atomic E-state index is 12.1. The maximum Gasteiger partial charge on any atom is 0.267 e. The van der Waals surface area contributed by atoms with Gasteiger partial charge in [-0.25, -0.2) is 0 Å². The van der Waals surface area contributed by atoms with Gasteiger partial charge in [0, 0.05) is 18.2 Å². The van der Waals surface area contributed by atoms with Crippen LogP contribution in [-0.4, -0.2) is 27.5 Å². The first kappa shape index (κ1) is 12.5. The van der Waals surface area contributed by atoms with Crippen LogP contribution in [0.2, 0.25) is 0 Å². The van der Waals surface area contributed by atoms with E-state index in [2.05, 4.69) is 10.2 Å². The van der Waals surface area contributed by atoms with Crippen LogP contribution >= 0.6 is 0 Å². The van der Waals surface area contributed by atoms with Crippen LogP contribution in [0.3, 0.4) is 0 Å². The van der Waals surface area contributed by atoms with Crippen LogP contribution in [0.25, 0.3) is 6.08 Å². The molecule has 0 saturated carbocycles. The Labute approximate surface area is 115 Å². The fourth-order valence-corrected chi connectivity index (χ4v) is 2.36. The zero-order chi connectivity index (χ0) is 13.9. The van der Waals surface area contributed by atoms with Crippen molar-refractivity contribution in [2.45, 2.75) is 13.0 Å². The van der Waals surface area contributed by atoms with Gasteiger partial charge in [0.2, 0.25) is 5.91 Å². The van der Waals surface area contributed by atoms with Crippen molar-refractivity contribution in [3.8, 4) is 0 Å². The van der Waals surface area contributed by atoms with Gasteiger partial charge in [-0.15, -0.1) is 0 Å². The molecule has 5 heteroatoms. The van der Waals surface area contributed by atoms with Gasteiger partial charge < -0.3 is 10.00 Å². The molecule has 2 aromatic rings. The molecule has 1 aliphatic rings. The lowest BCUT2D eigenvalue weighted by molar-refractivity contribution is -0.126. The van der Waals surface area contributed by atoms with E-state index in [1.54, 1.807) is 17.1 Å². The monoisotopic (exact) mass is 269 g/mol. The molecule has 0 fully saturated rings. The predicted molar refractivity (Wildman–Crippen MR) is 76.0 cm³/mol. The standard InChI is InChI=1S/C15H15N3O2/c19-14(7-6-11-4-2-1-3-5-11)18-9-8-12-13(10-18)16-17-15(12)20/h1-7H,8-10H2,(H2,16,17,20)/b7-6+. The van der Waals surface area contributed by atoms with Crippen LogP contribution in [-0.2, 0) is 17.8 Å². The van der Waals surface area contributed by atoms with E-state index in [4.69, 9.17) is 0 Å². The molecule has 1 aliphatic heterocycles. The molecule has 0 aliphatic carbocycles. The Bertz CT molecular complexity index is 697. The number of aromatic amines is 2. The summed E-state index contributed by atoms with van der Waals surface area (Å²) in [6, 6.07) is 9.70. The molecule has 0 spiro atoms. The maximum absolute atomic E-state index is 12.1. The molecule has 20 heavy (non-hydrogen) atoms. The number of aromatic nitrogens is 2.